The van der Waals surface area contributed by atoms with Crippen LogP contribution in [0.5, 0.6) is 11.5 Å². The molecule has 0 aromatic heterocycles. The van der Waals surface area contributed by atoms with Crippen LogP contribution in [0, 0.1) is 0 Å². The molecule has 8 nitrogen and oxygen atoms in total. The number of nitrogens with zero attached hydrogens (tertiary/aromatic N) is 2. The topological polar surface area (TPSA) is 80.3 Å². The van der Waals surface area contributed by atoms with Gasteiger partial charge in [0.2, 0.25) is 0 Å². The number of unbranched alkanes of at least 4 members (excludes halogenated alkanes) is 1. The second-order valence-electron chi connectivity index (χ2n) is 10.2. The van der Waals surface area contributed by atoms with Gasteiger partial charge in [-0.05, 0) is 41.7 Å². The van der Waals surface area contributed by atoms with Gasteiger partial charge in [0.1, 0.15) is 6.61 Å². The highest BCUT2D eigenvalue weighted by Crippen LogP contribution is 2.30. The molecule has 1 aliphatic heterocycles. The van der Waals surface area contributed by atoms with Gasteiger partial charge < -0.3 is 24.4 Å². The summed E-state index contributed by atoms with van der Waals surface area (Å²) in [6.45, 7) is 6.44. The van der Waals surface area contributed by atoms with E-state index in [1.165, 1.54) is 5.56 Å². The highest BCUT2D eigenvalue weighted by Gasteiger charge is 2.29. The Hall–Kier alpha value is -4.04. The number of benzene rings is 3. The van der Waals surface area contributed by atoms with Gasteiger partial charge in [0.25, 0.3) is 5.91 Å². The lowest BCUT2D eigenvalue weighted by molar-refractivity contribution is -0.141. The highest BCUT2D eigenvalue weighted by molar-refractivity contribution is 5.81. The van der Waals surface area contributed by atoms with Crippen molar-refractivity contribution >= 4 is 12.0 Å². The molecule has 0 saturated carbocycles. The van der Waals surface area contributed by atoms with Gasteiger partial charge in [-0.2, -0.15) is 0 Å². The zero-order chi connectivity index (χ0) is 28.9. The SMILES string of the molecule is CCCCC(Oc1cc(CNC(=O)OCc2ccccc2)ccc1OC)C(=O)N1CCN(Cc2ccccc2)CC1. The third-order valence-electron chi connectivity index (χ3n) is 7.18. The summed E-state index contributed by atoms with van der Waals surface area (Å²) >= 11 is 0. The zero-order valence-corrected chi connectivity index (χ0v) is 24.1. The highest BCUT2D eigenvalue weighted by atomic mass is 16.5. The molecule has 0 radical (unpaired) electrons. The summed E-state index contributed by atoms with van der Waals surface area (Å²) in [6.07, 6.45) is 1.35. The quantitative estimate of drug-likeness (QED) is 0.302. The first-order valence-electron chi connectivity index (χ1n) is 14.4. The predicted octanol–water partition coefficient (Wildman–Crippen LogP) is 5.40. The standard InChI is InChI=1S/C33H41N3O5/c1-3-4-15-30(32(37)36-20-18-35(19-21-36)24-26-11-7-5-8-12-26)41-31-22-28(16-17-29(31)39-2)23-34-33(38)40-25-27-13-9-6-10-14-27/h5-14,16-17,22,30H,3-4,15,18-21,23-25H2,1-2H3,(H,34,38). The molecule has 218 valence electrons. The molecule has 3 aromatic carbocycles. The largest absolute Gasteiger partial charge is 0.493 e. The van der Waals surface area contributed by atoms with Gasteiger partial charge in [0.15, 0.2) is 17.6 Å². The maximum Gasteiger partial charge on any atom is 0.407 e. The predicted molar refractivity (Wildman–Crippen MR) is 159 cm³/mol. The average molecular weight is 560 g/mol. The number of methoxy groups -OCH3 is 1. The number of amides is 2. The number of hydrogen-bond donors (Lipinski definition) is 1. The van der Waals surface area contributed by atoms with Gasteiger partial charge in [-0.25, -0.2) is 4.79 Å². The van der Waals surface area contributed by atoms with Crippen molar-refractivity contribution in [2.45, 2.75) is 52.0 Å². The number of hydrogen-bond acceptors (Lipinski definition) is 6. The number of piperazine rings is 1. The molecule has 1 aliphatic rings. The number of carbonyl (C=O) groups is 2. The van der Waals surface area contributed by atoms with E-state index >= 15 is 0 Å². The fourth-order valence-electron chi connectivity index (χ4n) is 4.82. The van der Waals surface area contributed by atoms with E-state index in [2.05, 4.69) is 41.4 Å². The van der Waals surface area contributed by atoms with E-state index in [4.69, 9.17) is 14.2 Å². The van der Waals surface area contributed by atoms with Gasteiger partial charge in [-0.3, -0.25) is 9.69 Å². The molecule has 1 unspecified atom stereocenters. The minimum atomic E-state index is -0.608. The lowest BCUT2D eigenvalue weighted by atomic mass is 10.1. The molecule has 1 saturated heterocycles. The van der Waals surface area contributed by atoms with E-state index < -0.39 is 12.2 Å². The van der Waals surface area contributed by atoms with Crippen LogP contribution in [-0.2, 0) is 29.2 Å². The Kier molecular flexibility index (Phi) is 11.4. The van der Waals surface area contributed by atoms with Crippen LogP contribution >= 0.6 is 0 Å². The van der Waals surface area contributed by atoms with Crippen molar-refractivity contribution in [1.29, 1.82) is 0 Å². The molecule has 41 heavy (non-hydrogen) atoms. The molecular weight excluding hydrogens is 518 g/mol. The minimum absolute atomic E-state index is 0.00730. The van der Waals surface area contributed by atoms with Crippen molar-refractivity contribution < 1.29 is 23.8 Å². The Bertz CT molecular complexity index is 1230. The zero-order valence-electron chi connectivity index (χ0n) is 24.1. The first-order chi connectivity index (χ1) is 20.1. The number of rotatable bonds is 13. The van der Waals surface area contributed by atoms with E-state index in [-0.39, 0.29) is 19.1 Å². The van der Waals surface area contributed by atoms with Crippen molar-refractivity contribution in [2.75, 3.05) is 33.3 Å². The van der Waals surface area contributed by atoms with Gasteiger partial charge >= 0.3 is 6.09 Å². The lowest BCUT2D eigenvalue weighted by Crippen LogP contribution is -2.52. The molecule has 4 rings (SSSR count). The number of nitrogens with one attached hydrogen (secondary N) is 1. The summed E-state index contributed by atoms with van der Waals surface area (Å²) < 4.78 is 17.2. The van der Waals surface area contributed by atoms with Crippen LogP contribution in [-0.4, -0.2) is 61.2 Å². The normalized spacial score (nSPS) is 14.2. The average Bonchev–Trinajstić information content (AvgIpc) is 3.02. The van der Waals surface area contributed by atoms with E-state index in [0.717, 1.165) is 43.6 Å². The summed E-state index contributed by atoms with van der Waals surface area (Å²) in [5.74, 6) is 1.04. The number of alkyl carbamates (subject to hydrolysis) is 1. The molecule has 0 bridgehead atoms. The van der Waals surface area contributed by atoms with Gasteiger partial charge in [0, 0.05) is 39.3 Å². The molecule has 3 aromatic rings. The van der Waals surface area contributed by atoms with Crippen LogP contribution in [0.1, 0.15) is 42.9 Å². The molecule has 2 amide bonds. The van der Waals surface area contributed by atoms with Crippen molar-refractivity contribution in [3.8, 4) is 11.5 Å². The number of ether oxygens (including phenoxy) is 3. The van der Waals surface area contributed by atoms with Crippen LogP contribution in [0.15, 0.2) is 78.9 Å². The van der Waals surface area contributed by atoms with Crippen LogP contribution in [0.25, 0.3) is 0 Å². The fraction of sp³-hybridized carbons (Fsp3) is 0.394. The first kappa shape index (κ1) is 29.9. The van der Waals surface area contributed by atoms with Gasteiger partial charge in [-0.1, -0.05) is 80.1 Å². The Morgan fingerprint density at radius 1 is 0.854 bits per heavy atom. The summed E-state index contributed by atoms with van der Waals surface area (Å²) in [5, 5.41) is 2.78. The smallest absolute Gasteiger partial charge is 0.407 e. The summed E-state index contributed by atoms with van der Waals surface area (Å²) in [7, 11) is 1.58. The second kappa shape index (κ2) is 15.7. The van der Waals surface area contributed by atoms with Crippen molar-refractivity contribution in [3.63, 3.8) is 0 Å². The molecule has 0 aliphatic carbocycles. The molecule has 8 heteroatoms. The Morgan fingerprint density at radius 2 is 1.54 bits per heavy atom. The van der Waals surface area contributed by atoms with E-state index in [1.807, 2.05) is 53.4 Å². The Morgan fingerprint density at radius 3 is 2.20 bits per heavy atom. The van der Waals surface area contributed by atoms with Crippen LogP contribution in [0.2, 0.25) is 0 Å². The maximum atomic E-state index is 13.6. The van der Waals surface area contributed by atoms with Gasteiger partial charge in [-0.15, -0.1) is 0 Å². The molecule has 1 atom stereocenters. The molecular formula is C33H41N3O5. The molecule has 1 fully saturated rings. The molecule has 1 heterocycles. The second-order valence-corrected chi connectivity index (χ2v) is 10.2. The third kappa shape index (κ3) is 9.25. The van der Waals surface area contributed by atoms with E-state index in [0.29, 0.717) is 31.0 Å². The van der Waals surface area contributed by atoms with Crippen LogP contribution < -0.4 is 14.8 Å². The molecule has 0 spiro atoms. The lowest BCUT2D eigenvalue weighted by Gasteiger charge is -2.36. The monoisotopic (exact) mass is 559 g/mol. The Balaban J connectivity index is 1.34. The fourth-order valence-corrected chi connectivity index (χ4v) is 4.82. The summed E-state index contributed by atoms with van der Waals surface area (Å²) in [4.78, 5) is 30.2. The molecule has 1 N–H and O–H groups in total. The maximum absolute atomic E-state index is 13.6. The van der Waals surface area contributed by atoms with Crippen LogP contribution in [0.3, 0.4) is 0 Å². The summed E-state index contributed by atoms with van der Waals surface area (Å²) in [5.41, 5.74) is 3.01. The third-order valence-corrected chi connectivity index (χ3v) is 7.18. The van der Waals surface area contributed by atoms with Crippen molar-refractivity contribution in [1.82, 2.24) is 15.1 Å². The minimum Gasteiger partial charge on any atom is -0.493 e. The van der Waals surface area contributed by atoms with E-state index in [9.17, 15) is 9.59 Å². The summed E-state index contributed by atoms with van der Waals surface area (Å²) in [6, 6.07) is 25.4. The first-order valence-corrected chi connectivity index (χ1v) is 14.4. The Labute approximate surface area is 243 Å². The van der Waals surface area contributed by atoms with Crippen LogP contribution in [0.4, 0.5) is 4.79 Å². The van der Waals surface area contributed by atoms with E-state index in [1.54, 1.807) is 13.2 Å². The van der Waals surface area contributed by atoms with Gasteiger partial charge in [0.05, 0.1) is 7.11 Å². The van der Waals surface area contributed by atoms with Crippen molar-refractivity contribution in [3.05, 3.63) is 95.6 Å². The van der Waals surface area contributed by atoms with Crippen molar-refractivity contribution in [2.24, 2.45) is 0 Å². The number of carbonyl (C=O) groups excluding carboxylic acids is 2.